The van der Waals surface area contributed by atoms with Crippen molar-refractivity contribution in [2.45, 2.75) is 6.42 Å². The average molecular weight is 399 g/mol. The highest BCUT2D eigenvalue weighted by molar-refractivity contribution is 6.31. The molecule has 0 unspecified atom stereocenters. The Morgan fingerprint density at radius 3 is 2.50 bits per heavy atom. The van der Waals surface area contributed by atoms with Gasteiger partial charge in [-0.3, -0.25) is 4.79 Å². The second kappa shape index (κ2) is 7.64. The molecule has 1 amide bonds. The number of rotatable bonds is 3. The first-order valence-electron chi connectivity index (χ1n) is 9.12. The second-order valence-electron chi connectivity index (χ2n) is 6.90. The van der Waals surface area contributed by atoms with Crippen molar-refractivity contribution in [1.82, 2.24) is 9.88 Å². The maximum Gasteiger partial charge on any atom is 0.227 e. The van der Waals surface area contributed by atoms with E-state index in [0.717, 1.165) is 22.2 Å². The first-order valence-corrected chi connectivity index (χ1v) is 9.50. The highest BCUT2D eigenvalue weighted by Crippen LogP contribution is 2.30. The predicted molar refractivity (Wildman–Crippen MR) is 110 cm³/mol. The van der Waals surface area contributed by atoms with E-state index in [1.54, 1.807) is 18.2 Å². The highest BCUT2D eigenvalue weighted by atomic mass is 35.5. The fraction of sp³-hybridized carbons (Fsp3) is 0.238. The zero-order valence-corrected chi connectivity index (χ0v) is 16.0. The quantitative estimate of drug-likeness (QED) is 0.733. The Kier molecular flexibility index (Phi) is 5.05. The molecule has 1 aliphatic rings. The van der Waals surface area contributed by atoms with Gasteiger partial charge in [0.15, 0.2) is 0 Å². The van der Waals surface area contributed by atoms with Crippen LogP contribution >= 0.6 is 11.6 Å². The molecule has 0 spiro atoms. The summed E-state index contributed by atoms with van der Waals surface area (Å²) in [6.07, 6.45) is 0.282. The smallest absolute Gasteiger partial charge is 0.227 e. The Morgan fingerprint density at radius 2 is 1.79 bits per heavy atom. The number of carbonyl (C=O) groups excluding carboxylic acids is 1. The van der Waals surface area contributed by atoms with Crippen molar-refractivity contribution in [2.24, 2.45) is 0 Å². The Morgan fingerprint density at radius 1 is 1.07 bits per heavy atom. The van der Waals surface area contributed by atoms with Crippen LogP contribution in [0.15, 0.2) is 48.5 Å². The zero-order chi connectivity index (χ0) is 19.7. The van der Waals surface area contributed by atoms with Gasteiger partial charge in [-0.05, 0) is 35.9 Å². The number of carbonyl (C=O) groups is 1. The lowest BCUT2D eigenvalue weighted by Gasteiger charge is -2.36. The number of piperazine rings is 1. The summed E-state index contributed by atoms with van der Waals surface area (Å²) in [4.78, 5) is 21.0. The lowest BCUT2D eigenvalue weighted by molar-refractivity contribution is -0.130. The maximum atomic E-state index is 13.0. The molecular formula is C21H20ClFN4O. The van der Waals surface area contributed by atoms with Gasteiger partial charge in [-0.15, -0.1) is 0 Å². The molecule has 0 saturated carbocycles. The number of anilines is 2. The van der Waals surface area contributed by atoms with Crippen LogP contribution in [0.1, 0.15) is 5.56 Å². The van der Waals surface area contributed by atoms with Gasteiger partial charge in [0.2, 0.25) is 5.91 Å². The molecule has 1 aromatic heterocycles. The van der Waals surface area contributed by atoms with Crippen molar-refractivity contribution in [2.75, 3.05) is 36.8 Å². The summed E-state index contributed by atoms with van der Waals surface area (Å²) in [7, 11) is 0. The van der Waals surface area contributed by atoms with Gasteiger partial charge in [-0.1, -0.05) is 23.7 Å². The Hall–Kier alpha value is -2.86. The maximum absolute atomic E-state index is 13.0. The van der Waals surface area contributed by atoms with Crippen molar-refractivity contribution in [3.63, 3.8) is 0 Å². The minimum atomic E-state index is -0.296. The monoisotopic (exact) mass is 398 g/mol. The van der Waals surface area contributed by atoms with Crippen molar-refractivity contribution in [3.05, 3.63) is 64.9 Å². The number of amides is 1. The predicted octanol–water partition coefficient (Wildman–Crippen LogP) is 3.50. The SMILES string of the molecule is Nc1cc(N2CCN(C(=O)Cc3ccc(F)cc3)CC2)c2ccc(Cl)cc2n1. The molecule has 1 fully saturated rings. The van der Waals surface area contributed by atoms with Crippen LogP contribution in [0.4, 0.5) is 15.9 Å². The van der Waals surface area contributed by atoms with Crippen LogP contribution in [0, 0.1) is 5.82 Å². The Balaban J connectivity index is 1.46. The summed E-state index contributed by atoms with van der Waals surface area (Å²) in [5.74, 6) is 0.201. The summed E-state index contributed by atoms with van der Waals surface area (Å²) >= 11 is 6.08. The van der Waals surface area contributed by atoms with E-state index in [0.29, 0.717) is 37.0 Å². The molecular weight excluding hydrogens is 379 g/mol. The van der Waals surface area contributed by atoms with Crippen LogP contribution in [0.25, 0.3) is 10.9 Å². The van der Waals surface area contributed by atoms with Crippen LogP contribution in [0.2, 0.25) is 5.02 Å². The van der Waals surface area contributed by atoms with E-state index in [9.17, 15) is 9.18 Å². The van der Waals surface area contributed by atoms with Crippen LogP contribution in [0.5, 0.6) is 0 Å². The molecule has 0 bridgehead atoms. The summed E-state index contributed by atoms with van der Waals surface area (Å²) in [6, 6.07) is 13.5. The van der Waals surface area contributed by atoms with Gasteiger partial charge in [0, 0.05) is 48.3 Å². The first kappa shape index (κ1) is 18.5. The number of hydrogen-bond acceptors (Lipinski definition) is 4. The molecule has 1 aliphatic heterocycles. The molecule has 2 aromatic carbocycles. The largest absolute Gasteiger partial charge is 0.384 e. The molecule has 0 aliphatic carbocycles. The second-order valence-corrected chi connectivity index (χ2v) is 7.34. The van der Waals surface area contributed by atoms with Crippen molar-refractivity contribution in [3.8, 4) is 0 Å². The van der Waals surface area contributed by atoms with E-state index >= 15 is 0 Å². The van der Waals surface area contributed by atoms with E-state index in [4.69, 9.17) is 17.3 Å². The van der Waals surface area contributed by atoms with E-state index in [1.165, 1.54) is 12.1 Å². The van der Waals surface area contributed by atoms with Gasteiger partial charge in [-0.25, -0.2) is 9.37 Å². The number of halogens is 2. The molecule has 3 aromatic rings. The van der Waals surface area contributed by atoms with Crippen LogP contribution in [-0.4, -0.2) is 42.0 Å². The topological polar surface area (TPSA) is 62.5 Å². The molecule has 2 heterocycles. The summed E-state index contributed by atoms with van der Waals surface area (Å²) < 4.78 is 13.0. The fourth-order valence-electron chi connectivity index (χ4n) is 3.55. The third-order valence-corrected chi connectivity index (χ3v) is 5.25. The van der Waals surface area contributed by atoms with Crippen molar-refractivity contribution in [1.29, 1.82) is 0 Å². The first-order chi connectivity index (χ1) is 13.5. The molecule has 5 nitrogen and oxygen atoms in total. The minimum absolute atomic E-state index is 0.0529. The van der Waals surface area contributed by atoms with Gasteiger partial charge in [0.25, 0.3) is 0 Å². The number of hydrogen-bond donors (Lipinski definition) is 1. The lowest BCUT2D eigenvalue weighted by Crippen LogP contribution is -2.49. The molecule has 28 heavy (non-hydrogen) atoms. The van der Waals surface area contributed by atoms with E-state index < -0.39 is 0 Å². The number of pyridine rings is 1. The Bertz CT molecular complexity index is 1010. The van der Waals surface area contributed by atoms with Gasteiger partial charge < -0.3 is 15.5 Å². The number of aromatic nitrogens is 1. The van der Waals surface area contributed by atoms with E-state index in [2.05, 4.69) is 9.88 Å². The van der Waals surface area contributed by atoms with Gasteiger partial charge in [0.05, 0.1) is 11.9 Å². The van der Waals surface area contributed by atoms with E-state index in [-0.39, 0.29) is 18.1 Å². The molecule has 2 N–H and O–H groups in total. The molecule has 1 saturated heterocycles. The minimum Gasteiger partial charge on any atom is -0.384 e. The highest BCUT2D eigenvalue weighted by Gasteiger charge is 2.23. The Labute approximate surface area is 167 Å². The molecule has 0 atom stereocenters. The molecule has 7 heteroatoms. The lowest BCUT2D eigenvalue weighted by atomic mass is 10.1. The normalized spacial score (nSPS) is 14.5. The van der Waals surface area contributed by atoms with Gasteiger partial charge >= 0.3 is 0 Å². The van der Waals surface area contributed by atoms with E-state index in [1.807, 2.05) is 23.1 Å². The average Bonchev–Trinajstić information content (AvgIpc) is 2.69. The molecule has 4 rings (SSSR count). The number of benzene rings is 2. The number of nitrogen functional groups attached to an aromatic ring is 1. The fourth-order valence-corrected chi connectivity index (χ4v) is 3.72. The van der Waals surface area contributed by atoms with Gasteiger partial charge in [0.1, 0.15) is 11.6 Å². The number of nitrogens with two attached hydrogens (primary N) is 1. The van der Waals surface area contributed by atoms with Crippen LogP contribution < -0.4 is 10.6 Å². The molecule has 144 valence electrons. The van der Waals surface area contributed by atoms with Crippen molar-refractivity contribution < 1.29 is 9.18 Å². The number of nitrogens with zero attached hydrogens (tertiary/aromatic N) is 3. The summed E-state index contributed by atoms with van der Waals surface area (Å²) in [5.41, 5.74) is 8.57. The van der Waals surface area contributed by atoms with Crippen LogP contribution in [0.3, 0.4) is 0 Å². The standard InChI is InChI=1S/C21H20ClFN4O/c22-15-3-6-17-18(12-15)25-20(24)13-19(17)26-7-9-27(10-8-26)21(28)11-14-1-4-16(23)5-2-14/h1-6,12-13H,7-11H2,(H2,24,25). The third kappa shape index (κ3) is 3.87. The summed E-state index contributed by atoms with van der Waals surface area (Å²) in [5, 5.41) is 1.61. The molecule has 0 radical (unpaired) electrons. The van der Waals surface area contributed by atoms with Crippen LogP contribution in [-0.2, 0) is 11.2 Å². The number of fused-ring (bicyclic) bond motifs is 1. The van der Waals surface area contributed by atoms with Crippen molar-refractivity contribution >= 4 is 39.9 Å². The summed E-state index contributed by atoms with van der Waals surface area (Å²) in [6.45, 7) is 2.65. The third-order valence-electron chi connectivity index (χ3n) is 5.01. The zero-order valence-electron chi connectivity index (χ0n) is 15.2. The van der Waals surface area contributed by atoms with Gasteiger partial charge in [-0.2, -0.15) is 0 Å².